The summed E-state index contributed by atoms with van der Waals surface area (Å²) in [6, 6.07) is 6.91. The first-order valence-corrected chi connectivity index (χ1v) is 8.01. The second kappa shape index (κ2) is 7.69. The van der Waals surface area contributed by atoms with Crippen LogP contribution in [0.1, 0.15) is 0 Å². The Morgan fingerprint density at radius 3 is 2.44 bits per heavy atom. The lowest BCUT2D eigenvalue weighted by Crippen LogP contribution is -2.50. The average molecular weight is 343 g/mol. The molecule has 1 aliphatic rings. The minimum Gasteiger partial charge on any atom is -0.497 e. The summed E-state index contributed by atoms with van der Waals surface area (Å²) in [5, 5.41) is 2.89. The highest BCUT2D eigenvalue weighted by Crippen LogP contribution is 2.29. The molecule has 0 radical (unpaired) electrons. The smallest absolute Gasteiger partial charge is 0.322 e. The topological polar surface area (TPSA) is 79.8 Å². The van der Waals surface area contributed by atoms with Crippen molar-refractivity contribution in [1.29, 1.82) is 0 Å². The number of nitrogens with zero attached hydrogens (tertiary/aromatic N) is 4. The molecule has 1 aromatic heterocycles. The van der Waals surface area contributed by atoms with E-state index < -0.39 is 0 Å². The van der Waals surface area contributed by atoms with E-state index in [0.717, 1.165) is 0 Å². The van der Waals surface area contributed by atoms with Crippen LogP contribution in [-0.4, -0.2) is 61.3 Å². The molecule has 0 bridgehead atoms. The first-order valence-electron chi connectivity index (χ1n) is 8.01. The Morgan fingerprint density at radius 1 is 1.08 bits per heavy atom. The summed E-state index contributed by atoms with van der Waals surface area (Å²) in [4.78, 5) is 24.9. The molecule has 0 saturated carbocycles. The minimum absolute atomic E-state index is 0.166. The maximum atomic E-state index is 12.5. The number of anilines is 2. The highest BCUT2D eigenvalue weighted by molar-refractivity contribution is 5.91. The molecule has 2 aromatic rings. The molecule has 0 atom stereocenters. The standard InChI is InChI=1S/C17H21N5O3/c1-24-13-4-5-15(25-2)14(12-13)20-17(23)22-10-8-21(9-11-22)16-18-6-3-7-19-16/h3-7,12H,8-11H2,1-2H3,(H,20,23). The number of carbonyl (C=O) groups is 1. The molecule has 0 spiro atoms. The number of methoxy groups -OCH3 is 2. The fourth-order valence-corrected chi connectivity index (χ4v) is 2.67. The van der Waals surface area contributed by atoms with Crippen LogP contribution < -0.4 is 19.7 Å². The quantitative estimate of drug-likeness (QED) is 0.913. The number of piperazine rings is 1. The van der Waals surface area contributed by atoms with Crippen LogP contribution in [0.15, 0.2) is 36.7 Å². The molecule has 8 heteroatoms. The second-order valence-electron chi connectivity index (χ2n) is 5.52. The Morgan fingerprint density at radius 2 is 1.80 bits per heavy atom. The molecule has 2 amide bonds. The van der Waals surface area contributed by atoms with Crippen molar-refractivity contribution in [2.24, 2.45) is 0 Å². The number of aromatic nitrogens is 2. The maximum Gasteiger partial charge on any atom is 0.322 e. The van der Waals surface area contributed by atoms with Gasteiger partial charge >= 0.3 is 6.03 Å². The Kier molecular flexibility index (Phi) is 5.17. The van der Waals surface area contributed by atoms with Gasteiger partial charge in [-0.15, -0.1) is 0 Å². The Hall–Kier alpha value is -3.03. The van der Waals surface area contributed by atoms with Gasteiger partial charge in [0, 0.05) is 44.6 Å². The lowest BCUT2D eigenvalue weighted by Gasteiger charge is -2.34. The van der Waals surface area contributed by atoms with E-state index in [9.17, 15) is 4.79 Å². The third-order valence-electron chi connectivity index (χ3n) is 4.05. The van der Waals surface area contributed by atoms with Crippen LogP contribution in [0.2, 0.25) is 0 Å². The average Bonchev–Trinajstić information content (AvgIpc) is 2.68. The van der Waals surface area contributed by atoms with Crippen molar-refractivity contribution in [3.8, 4) is 11.5 Å². The van der Waals surface area contributed by atoms with Crippen LogP contribution >= 0.6 is 0 Å². The van der Waals surface area contributed by atoms with Crippen molar-refractivity contribution in [1.82, 2.24) is 14.9 Å². The second-order valence-corrected chi connectivity index (χ2v) is 5.52. The predicted molar refractivity (Wildman–Crippen MR) is 94.4 cm³/mol. The molecule has 2 heterocycles. The van der Waals surface area contributed by atoms with Gasteiger partial charge < -0.3 is 24.6 Å². The minimum atomic E-state index is -0.166. The molecule has 25 heavy (non-hydrogen) atoms. The number of amides is 2. The van der Waals surface area contributed by atoms with E-state index in [0.29, 0.717) is 49.3 Å². The van der Waals surface area contributed by atoms with Crippen molar-refractivity contribution in [2.75, 3.05) is 50.6 Å². The summed E-state index contributed by atoms with van der Waals surface area (Å²) in [6.45, 7) is 2.56. The van der Waals surface area contributed by atoms with Crippen LogP contribution in [0.5, 0.6) is 11.5 Å². The normalized spacial score (nSPS) is 14.2. The maximum absolute atomic E-state index is 12.5. The van der Waals surface area contributed by atoms with Crippen LogP contribution in [0.25, 0.3) is 0 Å². The lowest BCUT2D eigenvalue weighted by molar-refractivity contribution is 0.208. The number of benzene rings is 1. The summed E-state index contributed by atoms with van der Waals surface area (Å²) in [5.74, 6) is 1.93. The predicted octanol–water partition coefficient (Wildman–Crippen LogP) is 1.85. The van der Waals surface area contributed by atoms with E-state index in [-0.39, 0.29) is 6.03 Å². The highest BCUT2D eigenvalue weighted by atomic mass is 16.5. The van der Waals surface area contributed by atoms with Crippen LogP contribution in [-0.2, 0) is 0 Å². The Bertz CT molecular complexity index is 717. The van der Waals surface area contributed by atoms with Crippen molar-refractivity contribution >= 4 is 17.7 Å². The molecule has 132 valence electrons. The Balaban J connectivity index is 1.62. The van der Waals surface area contributed by atoms with Crippen LogP contribution in [0.4, 0.5) is 16.4 Å². The number of hydrogen-bond acceptors (Lipinski definition) is 6. The summed E-state index contributed by atoms with van der Waals surface area (Å²) in [6.07, 6.45) is 3.44. The number of carbonyl (C=O) groups excluding carboxylic acids is 1. The van der Waals surface area contributed by atoms with Gasteiger partial charge in [-0.25, -0.2) is 14.8 Å². The largest absolute Gasteiger partial charge is 0.497 e. The zero-order valence-electron chi connectivity index (χ0n) is 14.3. The zero-order chi connectivity index (χ0) is 17.6. The van der Waals surface area contributed by atoms with Gasteiger partial charge in [-0.1, -0.05) is 0 Å². The number of nitrogens with one attached hydrogen (secondary N) is 1. The first kappa shape index (κ1) is 16.8. The summed E-state index contributed by atoms with van der Waals surface area (Å²) >= 11 is 0. The Labute approximate surface area is 146 Å². The van der Waals surface area contributed by atoms with E-state index >= 15 is 0 Å². The molecular weight excluding hydrogens is 322 g/mol. The number of ether oxygens (including phenoxy) is 2. The number of rotatable bonds is 4. The van der Waals surface area contributed by atoms with Gasteiger partial charge in [0.2, 0.25) is 5.95 Å². The van der Waals surface area contributed by atoms with Gasteiger partial charge in [-0.05, 0) is 18.2 Å². The van der Waals surface area contributed by atoms with E-state index in [1.54, 1.807) is 55.8 Å². The molecular formula is C17H21N5O3. The molecule has 1 N–H and O–H groups in total. The highest BCUT2D eigenvalue weighted by Gasteiger charge is 2.23. The molecule has 3 rings (SSSR count). The van der Waals surface area contributed by atoms with Gasteiger partial charge in [-0.3, -0.25) is 0 Å². The third-order valence-corrected chi connectivity index (χ3v) is 4.05. The van der Waals surface area contributed by atoms with E-state index in [1.165, 1.54) is 0 Å². The number of urea groups is 1. The monoisotopic (exact) mass is 343 g/mol. The van der Waals surface area contributed by atoms with E-state index in [2.05, 4.69) is 20.2 Å². The van der Waals surface area contributed by atoms with Gasteiger partial charge in [0.15, 0.2) is 0 Å². The molecule has 0 unspecified atom stereocenters. The lowest BCUT2D eigenvalue weighted by atomic mass is 10.2. The molecule has 1 saturated heterocycles. The fourth-order valence-electron chi connectivity index (χ4n) is 2.67. The van der Waals surface area contributed by atoms with Gasteiger partial charge in [0.05, 0.1) is 19.9 Å². The summed E-state index contributed by atoms with van der Waals surface area (Å²) in [7, 11) is 3.15. The molecule has 1 fully saturated rings. The van der Waals surface area contributed by atoms with E-state index in [1.807, 2.05) is 0 Å². The van der Waals surface area contributed by atoms with Gasteiger partial charge in [-0.2, -0.15) is 0 Å². The zero-order valence-corrected chi connectivity index (χ0v) is 14.3. The van der Waals surface area contributed by atoms with Gasteiger partial charge in [0.25, 0.3) is 0 Å². The SMILES string of the molecule is COc1ccc(OC)c(NC(=O)N2CCN(c3ncccn3)CC2)c1. The van der Waals surface area contributed by atoms with Crippen LogP contribution in [0, 0.1) is 0 Å². The van der Waals surface area contributed by atoms with Crippen molar-refractivity contribution in [2.45, 2.75) is 0 Å². The molecule has 8 nitrogen and oxygen atoms in total. The molecule has 1 aromatic carbocycles. The van der Waals surface area contributed by atoms with Gasteiger partial charge in [0.1, 0.15) is 11.5 Å². The van der Waals surface area contributed by atoms with Crippen molar-refractivity contribution < 1.29 is 14.3 Å². The molecule has 0 aliphatic carbocycles. The van der Waals surface area contributed by atoms with Crippen molar-refractivity contribution in [3.63, 3.8) is 0 Å². The summed E-state index contributed by atoms with van der Waals surface area (Å²) < 4.78 is 10.5. The number of hydrogen-bond donors (Lipinski definition) is 1. The third kappa shape index (κ3) is 3.90. The van der Waals surface area contributed by atoms with E-state index in [4.69, 9.17) is 9.47 Å². The fraction of sp³-hybridized carbons (Fsp3) is 0.353. The summed E-state index contributed by atoms with van der Waals surface area (Å²) in [5.41, 5.74) is 0.584. The first-order chi connectivity index (χ1) is 12.2. The van der Waals surface area contributed by atoms with Crippen LogP contribution in [0.3, 0.4) is 0 Å². The molecule has 1 aliphatic heterocycles. The van der Waals surface area contributed by atoms with Crippen molar-refractivity contribution in [3.05, 3.63) is 36.7 Å².